The zero-order chi connectivity index (χ0) is 14.7. The molecule has 1 heterocycles. The highest BCUT2D eigenvalue weighted by Crippen LogP contribution is 2.22. The molecule has 0 saturated carbocycles. The van der Waals surface area contributed by atoms with E-state index in [-0.39, 0.29) is 11.1 Å². The first kappa shape index (κ1) is 14.5. The molecule has 0 aliphatic carbocycles. The van der Waals surface area contributed by atoms with Crippen molar-refractivity contribution in [3.05, 3.63) is 28.3 Å². The number of nitrogens with zero attached hydrogens (tertiary/aromatic N) is 3. The van der Waals surface area contributed by atoms with E-state index in [1.165, 1.54) is 12.1 Å². The molecule has 2 aromatic rings. The molecule has 0 fully saturated rings. The summed E-state index contributed by atoms with van der Waals surface area (Å²) in [6.45, 7) is 0.995. The van der Waals surface area contributed by atoms with Gasteiger partial charge in [0.1, 0.15) is 0 Å². The predicted molar refractivity (Wildman–Crippen MR) is 77.5 cm³/mol. The van der Waals surface area contributed by atoms with Crippen LogP contribution in [0.3, 0.4) is 0 Å². The number of hydrogen-bond acceptors (Lipinski definition) is 5. The zero-order valence-electron chi connectivity index (χ0n) is 11.2. The van der Waals surface area contributed by atoms with E-state index in [0.29, 0.717) is 30.1 Å². The summed E-state index contributed by atoms with van der Waals surface area (Å²) >= 11 is 6.09. The Morgan fingerprint density at radius 2 is 2.35 bits per heavy atom. The van der Waals surface area contributed by atoms with Crippen molar-refractivity contribution < 1.29 is 9.66 Å². The quantitative estimate of drug-likeness (QED) is 0.502. The third kappa shape index (κ3) is 3.17. The number of nitrogens with one attached hydrogen (secondary N) is 1. The Labute approximate surface area is 120 Å². The van der Waals surface area contributed by atoms with E-state index in [9.17, 15) is 10.1 Å². The summed E-state index contributed by atoms with van der Waals surface area (Å²) in [5.41, 5.74) is 1.33. The first-order valence-electron chi connectivity index (χ1n) is 5.99. The van der Waals surface area contributed by atoms with Gasteiger partial charge in [0, 0.05) is 32.8 Å². The molecule has 1 aromatic heterocycles. The van der Waals surface area contributed by atoms with Crippen LogP contribution in [0.4, 0.5) is 11.6 Å². The molecule has 0 bridgehead atoms. The van der Waals surface area contributed by atoms with Gasteiger partial charge in [-0.25, -0.2) is 4.98 Å². The molecule has 1 atom stereocenters. The molecular weight excluding hydrogens is 284 g/mol. The lowest BCUT2D eigenvalue weighted by Gasteiger charge is -2.18. The molecular formula is C12H15ClN4O3. The van der Waals surface area contributed by atoms with Crippen LogP contribution in [0, 0.1) is 10.1 Å². The van der Waals surface area contributed by atoms with Crippen molar-refractivity contribution in [1.29, 1.82) is 0 Å². The van der Waals surface area contributed by atoms with Crippen LogP contribution >= 0.6 is 11.6 Å². The van der Waals surface area contributed by atoms with E-state index < -0.39 is 4.92 Å². The van der Waals surface area contributed by atoms with Gasteiger partial charge < -0.3 is 14.6 Å². The number of rotatable bonds is 6. The monoisotopic (exact) mass is 298 g/mol. The molecule has 0 spiro atoms. The number of nitro groups is 1. The van der Waals surface area contributed by atoms with Crippen molar-refractivity contribution in [2.75, 3.05) is 32.2 Å². The van der Waals surface area contributed by atoms with Gasteiger partial charge in [0.15, 0.2) is 0 Å². The maximum absolute atomic E-state index is 10.7. The van der Waals surface area contributed by atoms with Crippen molar-refractivity contribution in [3.8, 4) is 0 Å². The molecule has 108 valence electrons. The number of alkyl halides is 1. The standard InChI is InChI=1S/C12H15ClN4O3/c1-16(6-8(13)7-20-2)12-14-10-4-3-9(17(18)19)5-11(10)15-12/h3-5,8H,6-7H2,1-2H3,(H,14,15). The second-order valence-electron chi connectivity index (χ2n) is 4.45. The number of aromatic amines is 1. The number of fused-ring (bicyclic) bond motifs is 1. The number of ether oxygens (including phenoxy) is 1. The predicted octanol–water partition coefficient (Wildman–Crippen LogP) is 2.16. The van der Waals surface area contributed by atoms with Gasteiger partial charge in [-0.1, -0.05) is 0 Å². The Morgan fingerprint density at radius 1 is 1.60 bits per heavy atom. The van der Waals surface area contributed by atoms with Gasteiger partial charge in [-0.2, -0.15) is 0 Å². The second-order valence-corrected chi connectivity index (χ2v) is 5.07. The maximum atomic E-state index is 10.7. The largest absolute Gasteiger partial charge is 0.383 e. The molecule has 0 radical (unpaired) electrons. The Bertz CT molecular complexity index is 616. The van der Waals surface area contributed by atoms with Gasteiger partial charge in [-0.3, -0.25) is 10.1 Å². The van der Waals surface area contributed by atoms with Gasteiger partial charge in [-0.05, 0) is 6.07 Å². The van der Waals surface area contributed by atoms with Gasteiger partial charge in [0.05, 0.1) is 27.9 Å². The molecule has 0 aliphatic heterocycles. The van der Waals surface area contributed by atoms with Crippen molar-refractivity contribution in [3.63, 3.8) is 0 Å². The van der Waals surface area contributed by atoms with Gasteiger partial charge >= 0.3 is 0 Å². The SMILES string of the molecule is COCC(Cl)CN(C)c1nc2ccc([N+](=O)[O-])cc2[nH]1. The zero-order valence-corrected chi connectivity index (χ0v) is 11.9. The van der Waals surface area contributed by atoms with Crippen LogP contribution in [0.2, 0.25) is 0 Å². The van der Waals surface area contributed by atoms with Crippen molar-refractivity contribution >= 4 is 34.3 Å². The van der Waals surface area contributed by atoms with E-state index in [4.69, 9.17) is 16.3 Å². The van der Waals surface area contributed by atoms with E-state index in [1.54, 1.807) is 13.2 Å². The van der Waals surface area contributed by atoms with Gasteiger partial charge in [0.2, 0.25) is 5.95 Å². The van der Waals surface area contributed by atoms with E-state index in [2.05, 4.69) is 9.97 Å². The van der Waals surface area contributed by atoms with Crippen molar-refractivity contribution in [2.45, 2.75) is 5.38 Å². The average molecular weight is 299 g/mol. The fourth-order valence-electron chi connectivity index (χ4n) is 1.90. The minimum absolute atomic E-state index is 0.0324. The van der Waals surface area contributed by atoms with Gasteiger partial charge in [0.25, 0.3) is 5.69 Å². The molecule has 8 heteroatoms. The van der Waals surface area contributed by atoms with Crippen LogP contribution in [0.25, 0.3) is 11.0 Å². The third-order valence-electron chi connectivity index (χ3n) is 2.84. The van der Waals surface area contributed by atoms with Crippen LogP contribution in [-0.2, 0) is 4.74 Å². The van der Waals surface area contributed by atoms with Crippen LogP contribution in [0.1, 0.15) is 0 Å². The average Bonchev–Trinajstić information content (AvgIpc) is 2.81. The molecule has 2 rings (SSSR count). The summed E-state index contributed by atoms with van der Waals surface area (Å²) in [5, 5.41) is 10.6. The molecule has 20 heavy (non-hydrogen) atoms. The lowest BCUT2D eigenvalue weighted by atomic mass is 10.3. The topological polar surface area (TPSA) is 84.3 Å². The highest BCUT2D eigenvalue weighted by atomic mass is 35.5. The normalized spacial score (nSPS) is 12.6. The fraction of sp³-hybridized carbons (Fsp3) is 0.417. The number of non-ortho nitro benzene ring substituents is 1. The lowest BCUT2D eigenvalue weighted by Crippen LogP contribution is -2.29. The number of halogens is 1. The van der Waals surface area contributed by atoms with Crippen LogP contribution < -0.4 is 4.90 Å². The first-order chi connectivity index (χ1) is 9.51. The lowest BCUT2D eigenvalue weighted by molar-refractivity contribution is -0.384. The summed E-state index contributed by atoms with van der Waals surface area (Å²) in [7, 11) is 3.44. The smallest absolute Gasteiger partial charge is 0.271 e. The van der Waals surface area contributed by atoms with E-state index >= 15 is 0 Å². The summed E-state index contributed by atoms with van der Waals surface area (Å²) < 4.78 is 4.98. The Morgan fingerprint density at radius 3 is 3.00 bits per heavy atom. The molecule has 0 aliphatic rings. The number of anilines is 1. The summed E-state index contributed by atoms with van der Waals surface area (Å²) in [6, 6.07) is 4.52. The van der Waals surface area contributed by atoms with Crippen LogP contribution in [-0.4, -0.2) is 47.6 Å². The Hall–Kier alpha value is -1.86. The van der Waals surface area contributed by atoms with E-state index in [1.807, 2.05) is 11.9 Å². The number of H-pyrrole nitrogens is 1. The molecule has 0 amide bonds. The summed E-state index contributed by atoms with van der Waals surface area (Å²) in [6.07, 6.45) is 0. The molecule has 7 nitrogen and oxygen atoms in total. The number of nitro benzene ring substituents is 1. The molecule has 1 aromatic carbocycles. The Balaban J connectivity index is 2.20. The highest BCUT2D eigenvalue weighted by Gasteiger charge is 2.14. The molecule has 1 unspecified atom stereocenters. The third-order valence-corrected chi connectivity index (χ3v) is 3.11. The minimum atomic E-state index is -0.433. The fourth-order valence-corrected chi connectivity index (χ4v) is 2.23. The second kappa shape index (κ2) is 6.06. The first-order valence-corrected chi connectivity index (χ1v) is 6.43. The van der Waals surface area contributed by atoms with Crippen LogP contribution in [0.15, 0.2) is 18.2 Å². The summed E-state index contributed by atoms with van der Waals surface area (Å²) in [5.74, 6) is 0.613. The molecule has 1 N–H and O–H groups in total. The Kier molecular flexibility index (Phi) is 4.41. The number of aromatic nitrogens is 2. The maximum Gasteiger partial charge on any atom is 0.271 e. The highest BCUT2D eigenvalue weighted by molar-refractivity contribution is 6.21. The molecule has 0 saturated heterocycles. The minimum Gasteiger partial charge on any atom is -0.383 e. The van der Waals surface area contributed by atoms with Crippen LogP contribution in [0.5, 0.6) is 0 Å². The number of hydrogen-bond donors (Lipinski definition) is 1. The van der Waals surface area contributed by atoms with E-state index in [0.717, 1.165) is 0 Å². The summed E-state index contributed by atoms with van der Waals surface area (Å²) in [4.78, 5) is 19.6. The number of methoxy groups -OCH3 is 1. The van der Waals surface area contributed by atoms with Crippen molar-refractivity contribution in [1.82, 2.24) is 9.97 Å². The number of benzene rings is 1. The number of imidazole rings is 1. The van der Waals surface area contributed by atoms with Gasteiger partial charge in [-0.15, -0.1) is 11.6 Å². The van der Waals surface area contributed by atoms with Crippen molar-refractivity contribution in [2.24, 2.45) is 0 Å².